The lowest BCUT2D eigenvalue weighted by molar-refractivity contribution is 0.171. The van der Waals surface area contributed by atoms with Crippen LogP contribution in [-0.2, 0) is 0 Å². The third kappa shape index (κ3) is 3.81. The molecule has 1 unspecified atom stereocenters. The Hall–Kier alpha value is -1.38. The van der Waals surface area contributed by atoms with Gasteiger partial charge in [-0.2, -0.15) is 5.26 Å². The molecule has 0 bridgehead atoms. The highest BCUT2D eigenvalue weighted by Crippen LogP contribution is 2.34. The molecule has 1 aromatic rings. The van der Waals surface area contributed by atoms with Crippen LogP contribution in [0, 0.1) is 11.3 Å². The van der Waals surface area contributed by atoms with Crippen LogP contribution < -0.4 is 14.8 Å². The molecule has 0 aromatic heterocycles. The summed E-state index contributed by atoms with van der Waals surface area (Å²) in [6.45, 7) is 7.21. The normalized spacial score (nSPS) is 16.6. The van der Waals surface area contributed by atoms with Gasteiger partial charge in [0.1, 0.15) is 18.8 Å². The second kappa shape index (κ2) is 6.38. The Morgan fingerprint density at radius 1 is 1.35 bits per heavy atom. The molecule has 2 rings (SSSR count). The third-order valence-corrected chi connectivity index (χ3v) is 4.20. The lowest BCUT2D eigenvalue weighted by Crippen LogP contribution is -2.47. The van der Waals surface area contributed by atoms with Crippen LogP contribution in [0.4, 0.5) is 0 Å². The summed E-state index contributed by atoms with van der Waals surface area (Å²) in [5.74, 6) is 2.27. The first-order valence-corrected chi connectivity index (χ1v) is 7.72. The van der Waals surface area contributed by atoms with E-state index in [9.17, 15) is 5.26 Å². The van der Waals surface area contributed by atoms with E-state index in [0.717, 1.165) is 16.4 Å². The lowest BCUT2D eigenvalue weighted by Gasteiger charge is -2.25. The average molecular weight is 292 g/mol. The molecule has 1 aliphatic heterocycles. The van der Waals surface area contributed by atoms with Gasteiger partial charge in [0.25, 0.3) is 0 Å². The molecule has 20 heavy (non-hydrogen) atoms. The molecule has 4 nitrogen and oxygen atoms in total. The molecule has 108 valence electrons. The van der Waals surface area contributed by atoms with Gasteiger partial charge in [-0.3, -0.25) is 5.32 Å². The van der Waals surface area contributed by atoms with Crippen molar-refractivity contribution in [1.29, 1.82) is 5.26 Å². The molecule has 0 aliphatic carbocycles. The zero-order valence-corrected chi connectivity index (χ0v) is 12.9. The summed E-state index contributed by atoms with van der Waals surface area (Å²) in [5, 5.41) is 12.6. The fourth-order valence-corrected chi connectivity index (χ4v) is 3.04. The molecular formula is C15H20N2O2S. The summed E-state index contributed by atoms with van der Waals surface area (Å²) >= 11 is 1.65. The second-order valence-corrected chi connectivity index (χ2v) is 6.39. The van der Waals surface area contributed by atoms with Crippen molar-refractivity contribution in [2.75, 3.05) is 19.0 Å². The van der Waals surface area contributed by atoms with E-state index in [1.807, 2.05) is 39.0 Å². The van der Waals surface area contributed by atoms with Crippen molar-refractivity contribution in [2.24, 2.45) is 0 Å². The van der Waals surface area contributed by atoms with Crippen LogP contribution in [0.3, 0.4) is 0 Å². The Balaban J connectivity index is 2.01. The third-order valence-electron chi connectivity index (χ3n) is 2.90. The molecule has 1 atom stereocenters. The molecule has 0 saturated carbocycles. The average Bonchev–Trinajstić information content (AvgIpc) is 2.44. The molecule has 0 saturated heterocycles. The minimum Gasteiger partial charge on any atom is -0.486 e. The van der Waals surface area contributed by atoms with E-state index < -0.39 is 5.54 Å². The summed E-state index contributed by atoms with van der Waals surface area (Å²) in [6.07, 6.45) is 0. The highest BCUT2D eigenvalue weighted by molar-refractivity contribution is 7.99. The van der Waals surface area contributed by atoms with Crippen LogP contribution >= 0.6 is 11.8 Å². The van der Waals surface area contributed by atoms with Crippen LogP contribution in [0.25, 0.3) is 0 Å². The van der Waals surface area contributed by atoms with Crippen LogP contribution in [0.5, 0.6) is 11.5 Å². The van der Waals surface area contributed by atoms with Crippen LogP contribution in [0.2, 0.25) is 0 Å². The first-order chi connectivity index (χ1) is 9.52. The summed E-state index contributed by atoms with van der Waals surface area (Å²) in [7, 11) is 0. The molecule has 1 heterocycles. The zero-order chi connectivity index (χ0) is 14.6. The highest BCUT2D eigenvalue weighted by Gasteiger charge is 2.24. The van der Waals surface area contributed by atoms with Gasteiger partial charge in [-0.05, 0) is 39.0 Å². The molecule has 1 aliphatic rings. The van der Waals surface area contributed by atoms with Crippen LogP contribution in [0.1, 0.15) is 20.8 Å². The number of ether oxygens (including phenoxy) is 2. The predicted octanol–water partition coefficient (Wildman–Crippen LogP) is 2.83. The Morgan fingerprint density at radius 2 is 2.05 bits per heavy atom. The van der Waals surface area contributed by atoms with Crippen molar-refractivity contribution in [3.8, 4) is 17.6 Å². The van der Waals surface area contributed by atoms with E-state index in [1.54, 1.807) is 11.8 Å². The van der Waals surface area contributed by atoms with E-state index >= 15 is 0 Å². The van der Waals surface area contributed by atoms with Gasteiger partial charge in [-0.1, -0.05) is 0 Å². The Labute approximate surface area is 124 Å². The van der Waals surface area contributed by atoms with Crippen molar-refractivity contribution in [3.05, 3.63) is 18.2 Å². The molecule has 5 heteroatoms. The maximum atomic E-state index is 9.33. The lowest BCUT2D eigenvalue weighted by atomic mass is 10.1. The second-order valence-electron chi connectivity index (χ2n) is 5.34. The topological polar surface area (TPSA) is 54.3 Å². The van der Waals surface area contributed by atoms with Gasteiger partial charge in [0.2, 0.25) is 0 Å². The van der Waals surface area contributed by atoms with Gasteiger partial charge in [0.05, 0.1) is 6.07 Å². The van der Waals surface area contributed by atoms with Gasteiger partial charge < -0.3 is 9.47 Å². The number of fused-ring (bicyclic) bond motifs is 1. The predicted molar refractivity (Wildman–Crippen MR) is 80.4 cm³/mol. The summed E-state index contributed by atoms with van der Waals surface area (Å²) < 4.78 is 11.1. The first-order valence-electron chi connectivity index (χ1n) is 6.74. The number of hydrogen-bond donors (Lipinski definition) is 1. The van der Waals surface area contributed by atoms with E-state index in [0.29, 0.717) is 19.0 Å². The van der Waals surface area contributed by atoms with Crippen LogP contribution in [0.15, 0.2) is 23.1 Å². The van der Waals surface area contributed by atoms with Crippen molar-refractivity contribution in [2.45, 2.75) is 37.2 Å². The van der Waals surface area contributed by atoms with Crippen molar-refractivity contribution >= 4 is 11.8 Å². The molecule has 0 spiro atoms. The zero-order valence-electron chi connectivity index (χ0n) is 12.1. The maximum Gasteiger partial charge on any atom is 0.162 e. The monoisotopic (exact) mass is 292 g/mol. The number of nitrogens with zero attached hydrogens (tertiary/aromatic N) is 1. The van der Waals surface area contributed by atoms with Gasteiger partial charge in [0, 0.05) is 16.7 Å². The minimum atomic E-state index is -0.536. The van der Waals surface area contributed by atoms with Gasteiger partial charge in [0.15, 0.2) is 11.5 Å². The quantitative estimate of drug-likeness (QED) is 0.846. The van der Waals surface area contributed by atoms with Crippen molar-refractivity contribution in [1.82, 2.24) is 5.32 Å². The first kappa shape index (κ1) is 15.0. The fraction of sp³-hybridized carbons (Fsp3) is 0.533. The SMILES string of the molecule is CC(C)NC(C)(C#N)CSc1ccc2c(c1)OCCO2. The number of nitrogens with one attached hydrogen (secondary N) is 1. The van der Waals surface area contributed by atoms with Crippen molar-refractivity contribution < 1.29 is 9.47 Å². The largest absolute Gasteiger partial charge is 0.486 e. The standard InChI is InChI=1S/C15H20N2O2S/c1-11(2)17-15(3,9-16)10-20-12-4-5-13-14(8-12)19-7-6-18-13/h4-5,8,11,17H,6-7,10H2,1-3H3. The van der Waals surface area contributed by atoms with E-state index in [4.69, 9.17) is 9.47 Å². The van der Waals surface area contributed by atoms with Crippen LogP contribution in [-0.4, -0.2) is 30.5 Å². The molecule has 0 amide bonds. The number of nitriles is 1. The Morgan fingerprint density at radius 3 is 2.70 bits per heavy atom. The number of benzene rings is 1. The minimum absolute atomic E-state index is 0.278. The van der Waals surface area contributed by atoms with E-state index in [-0.39, 0.29) is 6.04 Å². The Bertz CT molecular complexity index is 513. The Kier molecular flexibility index (Phi) is 4.79. The van der Waals surface area contributed by atoms with Gasteiger partial charge >= 0.3 is 0 Å². The van der Waals surface area contributed by atoms with Gasteiger partial charge in [-0.25, -0.2) is 0 Å². The molecule has 1 N–H and O–H groups in total. The summed E-state index contributed by atoms with van der Waals surface area (Å²) in [5.41, 5.74) is -0.536. The maximum absolute atomic E-state index is 9.33. The number of hydrogen-bond acceptors (Lipinski definition) is 5. The molecule has 0 fully saturated rings. The fourth-order valence-electron chi connectivity index (χ4n) is 2.08. The molecule has 0 radical (unpaired) electrons. The summed E-state index contributed by atoms with van der Waals surface area (Å²) in [6, 6.07) is 8.54. The van der Waals surface area contributed by atoms with Crippen molar-refractivity contribution in [3.63, 3.8) is 0 Å². The highest BCUT2D eigenvalue weighted by atomic mass is 32.2. The van der Waals surface area contributed by atoms with E-state index in [1.165, 1.54) is 0 Å². The number of rotatable bonds is 5. The molecule has 1 aromatic carbocycles. The smallest absolute Gasteiger partial charge is 0.162 e. The van der Waals surface area contributed by atoms with Gasteiger partial charge in [-0.15, -0.1) is 11.8 Å². The molecular weight excluding hydrogens is 272 g/mol. The number of thioether (sulfide) groups is 1. The summed E-state index contributed by atoms with van der Waals surface area (Å²) in [4.78, 5) is 1.08. The van der Waals surface area contributed by atoms with E-state index in [2.05, 4.69) is 11.4 Å².